The van der Waals surface area contributed by atoms with Gasteiger partial charge in [0, 0.05) is 25.0 Å². The zero-order chi connectivity index (χ0) is 14.6. The monoisotopic (exact) mass is 282 g/mol. The molecule has 0 bridgehead atoms. The van der Waals surface area contributed by atoms with Crippen molar-refractivity contribution >= 4 is 16.7 Å². The fourth-order valence-electron chi connectivity index (χ4n) is 3.93. The molecule has 21 heavy (non-hydrogen) atoms. The summed E-state index contributed by atoms with van der Waals surface area (Å²) in [4.78, 5) is 14.1. The average molecular weight is 282 g/mol. The molecule has 2 aromatic rings. The third-order valence-corrected chi connectivity index (χ3v) is 4.94. The summed E-state index contributed by atoms with van der Waals surface area (Å²) in [5.74, 6) is 4.62. The number of fused-ring (bicyclic) bond motifs is 2. The van der Waals surface area contributed by atoms with Gasteiger partial charge in [-0.1, -0.05) is 12.1 Å². The van der Waals surface area contributed by atoms with Gasteiger partial charge in [-0.2, -0.15) is 0 Å². The van der Waals surface area contributed by atoms with E-state index in [2.05, 4.69) is 47.1 Å². The quantitative estimate of drug-likeness (QED) is 0.864. The second kappa shape index (κ2) is 4.67. The minimum absolute atomic E-state index is 0.862. The second-order valence-corrected chi connectivity index (χ2v) is 6.77. The van der Waals surface area contributed by atoms with Crippen LogP contribution in [0.4, 0.5) is 5.82 Å². The summed E-state index contributed by atoms with van der Waals surface area (Å²) in [5, 5.41) is 1.19. The van der Waals surface area contributed by atoms with Crippen LogP contribution in [0.1, 0.15) is 5.82 Å². The van der Waals surface area contributed by atoms with Crippen LogP contribution in [0.3, 0.4) is 0 Å². The third-order valence-electron chi connectivity index (χ3n) is 4.94. The first-order valence-electron chi connectivity index (χ1n) is 7.76. The van der Waals surface area contributed by atoms with Crippen LogP contribution in [-0.2, 0) is 0 Å². The molecule has 110 valence electrons. The minimum Gasteiger partial charge on any atom is -0.355 e. The van der Waals surface area contributed by atoms with Crippen molar-refractivity contribution in [1.29, 1.82) is 0 Å². The SMILES string of the molecule is Cc1nc(N2C[C@@H]3C(CN(C)C)[C@@H]3C2)c2ccccc2n1. The lowest BCUT2D eigenvalue weighted by Crippen LogP contribution is -2.28. The molecular weight excluding hydrogens is 260 g/mol. The van der Waals surface area contributed by atoms with E-state index in [0.29, 0.717) is 0 Å². The van der Waals surface area contributed by atoms with Crippen molar-refractivity contribution in [2.24, 2.45) is 17.8 Å². The highest BCUT2D eigenvalue weighted by molar-refractivity contribution is 5.89. The molecule has 1 aromatic heterocycles. The maximum atomic E-state index is 4.73. The maximum Gasteiger partial charge on any atom is 0.140 e. The molecule has 0 N–H and O–H groups in total. The number of anilines is 1. The van der Waals surface area contributed by atoms with E-state index in [9.17, 15) is 0 Å². The first-order valence-corrected chi connectivity index (χ1v) is 7.76. The van der Waals surface area contributed by atoms with Gasteiger partial charge >= 0.3 is 0 Å². The van der Waals surface area contributed by atoms with E-state index in [1.165, 1.54) is 11.9 Å². The van der Waals surface area contributed by atoms with Gasteiger partial charge in [-0.3, -0.25) is 0 Å². The normalized spacial score (nSPS) is 27.4. The van der Waals surface area contributed by atoms with Gasteiger partial charge < -0.3 is 9.80 Å². The number of piperidine rings is 1. The molecule has 0 spiro atoms. The average Bonchev–Trinajstić information content (AvgIpc) is 2.90. The van der Waals surface area contributed by atoms with Gasteiger partial charge in [-0.05, 0) is 50.9 Å². The molecule has 1 unspecified atom stereocenters. The summed E-state index contributed by atoms with van der Waals surface area (Å²) in [7, 11) is 4.35. The first-order chi connectivity index (χ1) is 10.1. The van der Waals surface area contributed by atoms with E-state index in [-0.39, 0.29) is 0 Å². The second-order valence-electron chi connectivity index (χ2n) is 6.77. The van der Waals surface area contributed by atoms with Gasteiger partial charge in [0.25, 0.3) is 0 Å². The molecule has 4 rings (SSSR count). The Balaban J connectivity index is 1.60. The molecule has 3 atom stereocenters. The highest BCUT2D eigenvalue weighted by atomic mass is 15.2. The Labute approximate surface area is 125 Å². The van der Waals surface area contributed by atoms with Crippen LogP contribution in [0.25, 0.3) is 10.9 Å². The number of para-hydroxylation sites is 1. The van der Waals surface area contributed by atoms with Gasteiger partial charge in [-0.15, -0.1) is 0 Å². The Bertz CT molecular complexity index is 670. The van der Waals surface area contributed by atoms with Crippen LogP contribution >= 0.6 is 0 Å². The van der Waals surface area contributed by atoms with Crippen molar-refractivity contribution in [2.45, 2.75) is 6.92 Å². The molecule has 1 saturated carbocycles. The Morgan fingerprint density at radius 1 is 1.14 bits per heavy atom. The lowest BCUT2D eigenvalue weighted by atomic mass is 10.2. The summed E-state index contributed by atoms with van der Waals surface area (Å²) in [6.45, 7) is 5.53. The van der Waals surface area contributed by atoms with Crippen LogP contribution in [-0.4, -0.2) is 48.6 Å². The number of rotatable bonds is 3. The predicted molar refractivity (Wildman–Crippen MR) is 85.5 cm³/mol. The molecule has 0 amide bonds. The number of hydrogen-bond donors (Lipinski definition) is 0. The van der Waals surface area contributed by atoms with Gasteiger partial charge in [0.2, 0.25) is 0 Å². The summed E-state index contributed by atoms with van der Waals surface area (Å²) in [5.41, 5.74) is 1.06. The molecule has 1 aliphatic carbocycles. The lowest BCUT2D eigenvalue weighted by molar-refractivity contribution is 0.366. The van der Waals surface area contributed by atoms with Gasteiger partial charge in [-0.25, -0.2) is 9.97 Å². The van der Waals surface area contributed by atoms with E-state index in [4.69, 9.17) is 4.98 Å². The van der Waals surface area contributed by atoms with E-state index in [0.717, 1.165) is 48.0 Å². The van der Waals surface area contributed by atoms with Gasteiger partial charge in [0.1, 0.15) is 11.6 Å². The van der Waals surface area contributed by atoms with Crippen LogP contribution < -0.4 is 4.90 Å². The maximum absolute atomic E-state index is 4.73. The van der Waals surface area contributed by atoms with Crippen LogP contribution in [0.15, 0.2) is 24.3 Å². The van der Waals surface area contributed by atoms with Crippen LogP contribution in [0, 0.1) is 24.7 Å². The topological polar surface area (TPSA) is 32.3 Å². The minimum atomic E-state index is 0.862. The predicted octanol–water partition coefficient (Wildman–Crippen LogP) is 2.18. The molecule has 1 saturated heterocycles. The highest BCUT2D eigenvalue weighted by Crippen LogP contribution is 2.52. The van der Waals surface area contributed by atoms with Crippen molar-refractivity contribution in [3.8, 4) is 0 Å². The number of hydrogen-bond acceptors (Lipinski definition) is 4. The smallest absolute Gasteiger partial charge is 0.140 e. The van der Waals surface area contributed by atoms with Crippen molar-refractivity contribution < 1.29 is 0 Å². The van der Waals surface area contributed by atoms with Crippen molar-refractivity contribution in [2.75, 3.05) is 38.6 Å². The third kappa shape index (κ3) is 2.18. The van der Waals surface area contributed by atoms with Crippen molar-refractivity contribution in [3.05, 3.63) is 30.1 Å². The number of benzene rings is 1. The number of aromatic nitrogens is 2. The lowest BCUT2D eigenvalue weighted by Gasteiger charge is -2.23. The zero-order valence-corrected chi connectivity index (χ0v) is 13.0. The van der Waals surface area contributed by atoms with E-state index >= 15 is 0 Å². The Kier molecular flexibility index (Phi) is 2.89. The molecule has 4 heteroatoms. The van der Waals surface area contributed by atoms with Crippen molar-refractivity contribution in [3.63, 3.8) is 0 Å². The van der Waals surface area contributed by atoms with Crippen molar-refractivity contribution in [1.82, 2.24) is 14.9 Å². The fourth-order valence-corrected chi connectivity index (χ4v) is 3.93. The fraction of sp³-hybridized carbons (Fsp3) is 0.529. The van der Waals surface area contributed by atoms with Crippen LogP contribution in [0.2, 0.25) is 0 Å². The van der Waals surface area contributed by atoms with E-state index < -0.39 is 0 Å². The zero-order valence-electron chi connectivity index (χ0n) is 13.0. The Morgan fingerprint density at radius 3 is 2.57 bits per heavy atom. The van der Waals surface area contributed by atoms with Crippen LogP contribution in [0.5, 0.6) is 0 Å². The molecular formula is C17H22N4. The highest BCUT2D eigenvalue weighted by Gasteiger charge is 2.55. The standard InChI is InChI=1S/C17H22N4/c1-11-18-16-7-5-4-6-12(16)17(19-11)21-9-14-13(8-20(2)3)15(14)10-21/h4-7,13-15H,8-10H2,1-3H3/t13?,14-,15+. The molecule has 4 nitrogen and oxygen atoms in total. The summed E-state index contributed by atoms with van der Waals surface area (Å²) in [6, 6.07) is 8.35. The van der Waals surface area contributed by atoms with Gasteiger partial charge in [0.05, 0.1) is 5.52 Å². The Morgan fingerprint density at radius 2 is 1.86 bits per heavy atom. The largest absolute Gasteiger partial charge is 0.355 e. The molecule has 2 heterocycles. The molecule has 1 aliphatic heterocycles. The molecule has 1 aromatic carbocycles. The summed E-state index contributed by atoms with van der Waals surface area (Å²) in [6.07, 6.45) is 0. The molecule has 2 fully saturated rings. The van der Waals surface area contributed by atoms with Gasteiger partial charge in [0.15, 0.2) is 0 Å². The summed E-state index contributed by atoms with van der Waals surface area (Å²) < 4.78 is 0. The summed E-state index contributed by atoms with van der Waals surface area (Å²) >= 11 is 0. The number of nitrogens with zero attached hydrogens (tertiary/aromatic N) is 4. The number of aryl methyl sites for hydroxylation is 1. The first kappa shape index (κ1) is 13.0. The van der Waals surface area contributed by atoms with E-state index in [1.807, 2.05) is 13.0 Å². The van der Waals surface area contributed by atoms with E-state index in [1.54, 1.807) is 0 Å². The molecule has 2 aliphatic rings. The Hall–Kier alpha value is -1.68. The molecule has 0 radical (unpaired) electrons.